The normalized spacial score (nSPS) is 29.6. The van der Waals surface area contributed by atoms with Crippen LogP contribution < -0.4 is 4.74 Å². The van der Waals surface area contributed by atoms with Crippen LogP contribution in [0.15, 0.2) is 18.2 Å². The lowest BCUT2D eigenvalue weighted by Crippen LogP contribution is -2.48. The zero-order valence-corrected chi connectivity index (χ0v) is 11.6. The summed E-state index contributed by atoms with van der Waals surface area (Å²) in [4.78, 5) is 12.7. The molecule has 1 fully saturated rings. The molecule has 1 aromatic rings. The number of Topliss-reactive ketones (excluding diaryl/α,β-unsaturated/α-hetero) is 1. The smallest absolute Gasteiger partial charge is 0.169 e. The Balaban J connectivity index is 2.07. The summed E-state index contributed by atoms with van der Waals surface area (Å²) < 4.78 is 10.8. The first-order valence-corrected chi connectivity index (χ1v) is 6.99. The minimum Gasteiger partial charge on any atom is -0.497 e. The molecule has 1 heterocycles. The Morgan fingerprint density at radius 2 is 2.32 bits per heavy atom. The lowest BCUT2D eigenvalue weighted by molar-refractivity contribution is -0.0354. The van der Waals surface area contributed by atoms with Crippen molar-refractivity contribution < 1.29 is 14.3 Å². The van der Waals surface area contributed by atoms with Gasteiger partial charge in [0.25, 0.3) is 0 Å². The van der Waals surface area contributed by atoms with Crippen LogP contribution in [0.25, 0.3) is 0 Å². The van der Waals surface area contributed by atoms with Crippen LogP contribution in [-0.2, 0) is 11.2 Å². The summed E-state index contributed by atoms with van der Waals surface area (Å²) >= 11 is 0. The van der Waals surface area contributed by atoms with E-state index in [0.717, 1.165) is 37.2 Å². The maximum Gasteiger partial charge on any atom is 0.169 e. The van der Waals surface area contributed by atoms with E-state index in [9.17, 15) is 4.79 Å². The van der Waals surface area contributed by atoms with Crippen molar-refractivity contribution in [3.63, 3.8) is 0 Å². The van der Waals surface area contributed by atoms with Crippen LogP contribution >= 0.6 is 0 Å². The predicted molar refractivity (Wildman–Crippen MR) is 72.7 cm³/mol. The Bertz CT molecular complexity index is 509. The summed E-state index contributed by atoms with van der Waals surface area (Å²) in [6.07, 6.45) is 3.02. The van der Waals surface area contributed by atoms with Crippen LogP contribution in [0.1, 0.15) is 35.7 Å². The van der Waals surface area contributed by atoms with E-state index in [1.54, 1.807) is 7.11 Å². The average Bonchev–Trinajstić information content (AvgIpc) is 2.47. The monoisotopic (exact) mass is 260 g/mol. The van der Waals surface area contributed by atoms with E-state index in [4.69, 9.17) is 9.47 Å². The number of ether oxygens (including phenoxy) is 2. The maximum absolute atomic E-state index is 12.7. The van der Waals surface area contributed by atoms with Crippen molar-refractivity contribution in [1.29, 1.82) is 0 Å². The fourth-order valence-corrected chi connectivity index (χ4v) is 3.57. The minimum absolute atomic E-state index is 0.0193. The van der Waals surface area contributed by atoms with E-state index in [1.807, 2.05) is 12.1 Å². The Labute approximate surface area is 113 Å². The molecule has 2 aliphatic rings. The molecular weight excluding hydrogens is 240 g/mol. The highest BCUT2D eigenvalue weighted by molar-refractivity contribution is 6.01. The lowest BCUT2D eigenvalue weighted by atomic mass is 9.60. The number of ketones is 1. The molecule has 2 unspecified atom stereocenters. The van der Waals surface area contributed by atoms with Gasteiger partial charge in [-0.15, -0.1) is 0 Å². The van der Waals surface area contributed by atoms with Gasteiger partial charge in [0.1, 0.15) is 5.75 Å². The first-order chi connectivity index (χ1) is 9.20. The lowest BCUT2D eigenvalue weighted by Gasteiger charge is -2.46. The second kappa shape index (κ2) is 4.64. The molecule has 19 heavy (non-hydrogen) atoms. The topological polar surface area (TPSA) is 35.5 Å². The Morgan fingerprint density at radius 3 is 3.05 bits per heavy atom. The van der Waals surface area contributed by atoms with Gasteiger partial charge in [0.2, 0.25) is 0 Å². The Kier molecular flexibility index (Phi) is 3.09. The third-order valence-electron chi connectivity index (χ3n) is 4.91. The quantitative estimate of drug-likeness (QED) is 0.820. The van der Waals surface area contributed by atoms with Crippen LogP contribution in [0.5, 0.6) is 5.75 Å². The number of carbonyl (C=O) groups is 1. The second-order valence-electron chi connectivity index (χ2n) is 5.66. The molecule has 1 aliphatic carbocycles. The van der Waals surface area contributed by atoms with Crippen LogP contribution in [-0.4, -0.2) is 26.1 Å². The summed E-state index contributed by atoms with van der Waals surface area (Å²) in [7, 11) is 1.63. The Hall–Kier alpha value is -1.35. The summed E-state index contributed by atoms with van der Waals surface area (Å²) in [5.41, 5.74) is 2.11. The second-order valence-corrected chi connectivity index (χ2v) is 5.66. The van der Waals surface area contributed by atoms with Crippen molar-refractivity contribution in [3.8, 4) is 5.75 Å². The van der Waals surface area contributed by atoms with Gasteiger partial charge in [0.15, 0.2) is 5.78 Å². The molecule has 0 radical (unpaired) electrons. The highest BCUT2D eigenvalue weighted by Crippen LogP contribution is 2.47. The number of fused-ring (bicyclic) bond motifs is 2. The fraction of sp³-hybridized carbons (Fsp3) is 0.562. The molecule has 0 amide bonds. The third-order valence-corrected chi connectivity index (χ3v) is 4.91. The summed E-state index contributed by atoms with van der Waals surface area (Å²) in [5, 5.41) is 0. The predicted octanol–water partition coefficient (Wildman–Crippen LogP) is 2.87. The van der Waals surface area contributed by atoms with Gasteiger partial charge < -0.3 is 9.47 Å². The van der Waals surface area contributed by atoms with Gasteiger partial charge in [-0.2, -0.15) is 0 Å². The SMILES string of the molecule is CCC12CCOCC1C(=O)c1cc(OC)ccc1C2. The van der Waals surface area contributed by atoms with Gasteiger partial charge >= 0.3 is 0 Å². The molecule has 2 atom stereocenters. The molecule has 3 rings (SSSR count). The molecule has 0 saturated carbocycles. The number of hydrogen-bond donors (Lipinski definition) is 0. The summed E-state index contributed by atoms with van der Waals surface area (Å²) in [6.45, 7) is 3.55. The molecule has 0 aromatic heterocycles. The van der Waals surface area contributed by atoms with Gasteiger partial charge in [-0.05, 0) is 42.4 Å². The van der Waals surface area contributed by atoms with Gasteiger partial charge in [0.05, 0.1) is 19.6 Å². The zero-order valence-electron chi connectivity index (χ0n) is 11.6. The highest BCUT2D eigenvalue weighted by atomic mass is 16.5. The van der Waals surface area contributed by atoms with Gasteiger partial charge in [-0.25, -0.2) is 0 Å². The molecule has 102 valence electrons. The van der Waals surface area contributed by atoms with Crippen molar-refractivity contribution in [3.05, 3.63) is 29.3 Å². The number of methoxy groups -OCH3 is 1. The summed E-state index contributed by atoms with van der Waals surface area (Å²) in [6, 6.07) is 5.89. The van der Waals surface area contributed by atoms with E-state index >= 15 is 0 Å². The van der Waals surface area contributed by atoms with E-state index in [0.29, 0.717) is 6.61 Å². The van der Waals surface area contributed by atoms with Crippen LogP contribution in [0.3, 0.4) is 0 Å². The first kappa shape index (κ1) is 12.7. The zero-order chi connectivity index (χ0) is 13.5. The molecule has 0 bridgehead atoms. The molecule has 1 aromatic carbocycles. The number of benzene rings is 1. The molecule has 0 N–H and O–H groups in total. The van der Waals surface area contributed by atoms with E-state index in [2.05, 4.69) is 13.0 Å². The van der Waals surface area contributed by atoms with Crippen molar-refractivity contribution in [2.45, 2.75) is 26.2 Å². The molecule has 1 saturated heterocycles. The minimum atomic E-state index is 0.0193. The number of carbonyl (C=O) groups excluding carboxylic acids is 1. The summed E-state index contributed by atoms with van der Waals surface area (Å²) in [5.74, 6) is 1.01. The molecule has 3 heteroatoms. The maximum atomic E-state index is 12.7. The van der Waals surface area contributed by atoms with Crippen molar-refractivity contribution in [1.82, 2.24) is 0 Å². The average molecular weight is 260 g/mol. The number of rotatable bonds is 2. The standard InChI is InChI=1S/C16H20O3/c1-3-16-6-7-19-10-14(16)15(17)13-8-12(18-2)5-4-11(13)9-16/h4-5,8,14H,3,6-7,9-10H2,1-2H3. The van der Waals surface area contributed by atoms with Gasteiger partial charge in [-0.1, -0.05) is 13.0 Å². The molecular formula is C16H20O3. The van der Waals surface area contributed by atoms with Crippen LogP contribution in [0.4, 0.5) is 0 Å². The molecule has 1 aliphatic heterocycles. The van der Waals surface area contributed by atoms with Crippen LogP contribution in [0.2, 0.25) is 0 Å². The number of hydrogen-bond acceptors (Lipinski definition) is 3. The first-order valence-electron chi connectivity index (χ1n) is 6.99. The van der Waals surface area contributed by atoms with Crippen molar-refractivity contribution in [2.75, 3.05) is 20.3 Å². The van der Waals surface area contributed by atoms with E-state index in [1.165, 1.54) is 5.56 Å². The highest BCUT2D eigenvalue weighted by Gasteiger charge is 2.48. The van der Waals surface area contributed by atoms with Crippen molar-refractivity contribution in [2.24, 2.45) is 11.3 Å². The van der Waals surface area contributed by atoms with Crippen LogP contribution in [0, 0.1) is 11.3 Å². The molecule has 0 spiro atoms. The van der Waals surface area contributed by atoms with Gasteiger partial charge in [0, 0.05) is 12.2 Å². The largest absolute Gasteiger partial charge is 0.497 e. The fourth-order valence-electron chi connectivity index (χ4n) is 3.57. The van der Waals surface area contributed by atoms with E-state index < -0.39 is 0 Å². The Morgan fingerprint density at radius 1 is 1.47 bits per heavy atom. The van der Waals surface area contributed by atoms with Gasteiger partial charge in [-0.3, -0.25) is 4.79 Å². The van der Waals surface area contributed by atoms with E-state index in [-0.39, 0.29) is 17.1 Å². The molecule has 3 nitrogen and oxygen atoms in total. The van der Waals surface area contributed by atoms with Crippen molar-refractivity contribution >= 4 is 5.78 Å². The third kappa shape index (κ3) is 1.88.